The van der Waals surface area contributed by atoms with Gasteiger partial charge in [0.15, 0.2) is 0 Å². The second-order valence-electron chi connectivity index (χ2n) is 6.79. The molecule has 0 aromatic carbocycles. The number of esters is 1. The number of carbonyl (C=O) groups excluding carboxylic acids is 1. The van der Waals surface area contributed by atoms with E-state index in [1.807, 2.05) is 18.7 Å². The van der Waals surface area contributed by atoms with E-state index < -0.39 is 5.54 Å². The van der Waals surface area contributed by atoms with Crippen molar-refractivity contribution in [3.63, 3.8) is 0 Å². The molecule has 2 rings (SSSR count). The number of thioether (sulfide) groups is 1. The summed E-state index contributed by atoms with van der Waals surface area (Å²) < 4.78 is 5.57. The third kappa shape index (κ3) is 4.12. The topological polar surface area (TPSA) is 38.3 Å². The molecular weight excluding hydrogens is 258 g/mol. The normalized spacial score (nSPS) is 22.9. The van der Waals surface area contributed by atoms with Crippen molar-refractivity contribution in [3.8, 4) is 0 Å². The highest BCUT2D eigenvalue weighted by atomic mass is 32.2. The van der Waals surface area contributed by atoms with Crippen LogP contribution in [-0.4, -0.2) is 34.7 Å². The number of hydrogen-bond donors (Lipinski definition) is 1. The Morgan fingerprint density at radius 1 is 1.26 bits per heavy atom. The Bertz CT molecular complexity index is 332. The van der Waals surface area contributed by atoms with Crippen LogP contribution >= 0.6 is 11.8 Å². The van der Waals surface area contributed by atoms with E-state index in [2.05, 4.69) is 26.1 Å². The average Bonchev–Trinajstić information content (AvgIpc) is 3.14. The maximum Gasteiger partial charge on any atom is 0.327 e. The smallest absolute Gasteiger partial charge is 0.327 e. The molecule has 0 spiro atoms. The highest BCUT2D eigenvalue weighted by molar-refractivity contribution is 8.00. The summed E-state index contributed by atoms with van der Waals surface area (Å²) in [5.74, 6) is 1.28. The Labute approximate surface area is 121 Å². The number of hydrogen-bond acceptors (Lipinski definition) is 4. The average molecular weight is 285 g/mol. The second-order valence-corrected chi connectivity index (χ2v) is 8.59. The molecule has 1 atom stereocenters. The van der Waals surface area contributed by atoms with Gasteiger partial charge in [0.2, 0.25) is 0 Å². The number of ether oxygens (including phenoxy) is 1. The summed E-state index contributed by atoms with van der Waals surface area (Å²) in [6.07, 6.45) is 4.72. The van der Waals surface area contributed by atoms with Gasteiger partial charge in [0.1, 0.15) is 5.54 Å². The van der Waals surface area contributed by atoms with Gasteiger partial charge in [0.25, 0.3) is 0 Å². The lowest BCUT2D eigenvalue weighted by Crippen LogP contribution is -2.58. The monoisotopic (exact) mass is 285 g/mol. The zero-order valence-corrected chi connectivity index (χ0v) is 13.4. The van der Waals surface area contributed by atoms with Crippen molar-refractivity contribution in [2.24, 2.45) is 5.92 Å². The first kappa shape index (κ1) is 15.2. The van der Waals surface area contributed by atoms with Crippen molar-refractivity contribution in [2.45, 2.75) is 69.7 Å². The second kappa shape index (κ2) is 5.65. The van der Waals surface area contributed by atoms with Crippen LogP contribution in [0.4, 0.5) is 0 Å². The van der Waals surface area contributed by atoms with Gasteiger partial charge in [-0.05, 0) is 38.5 Å². The van der Waals surface area contributed by atoms with Gasteiger partial charge in [-0.2, -0.15) is 11.8 Å². The van der Waals surface area contributed by atoms with Crippen LogP contribution in [0.25, 0.3) is 0 Å². The lowest BCUT2D eigenvalue weighted by molar-refractivity contribution is -0.151. The highest BCUT2D eigenvalue weighted by Gasteiger charge is 2.54. The molecule has 1 unspecified atom stereocenters. The molecule has 0 amide bonds. The van der Waals surface area contributed by atoms with E-state index in [0.29, 0.717) is 18.6 Å². The van der Waals surface area contributed by atoms with Gasteiger partial charge in [0.05, 0.1) is 6.61 Å². The Balaban J connectivity index is 2.10. The van der Waals surface area contributed by atoms with Crippen molar-refractivity contribution >= 4 is 17.7 Å². The minimum atomic E-state index is -0.435. The van der Waals surface area contributed by atoms with E-state index in [-0.39, 0.29) is 10.7 Å². The summed E-state index contributed by atoms with van der Waals surface area (Å²) in [4.78, 5) is 12.5. The van der Waals surface area contributed by atoms with E-state index in [1.165, 1.54) is 12.8 Å². The standard InChI is InChI=1S/C15H27NO2S/c1-5-18-13(17)15(11-6-7-11,16-12-8-9-12)10-19-14(2,3)4/h11-12,16H,5-10H2,1-4H3. The molecule has 110 valence electrons. The summed E-state index contributed by atoms with van der Waals surface area (Å²) in [7, 11) is 0. The number of carbonyl (C=O) groups is 1. The minimum absolute atomic E-state index is 0.0267. The summed E-state index contributed by atoms with van der Waals surface area (Å²) in [6.45, 7) is 8.98. The molecule has 2 fully saturated rings. The van der Waals surface area contributed by atoms with Gasteiger partial charge in [0, 0.05) is 16.5 Å². The van der Waals surface area contributed by atoms with E-state index in [1.54, 1.807) is 0 Å². The quantitative estimate of drug-likeness (QED) is 0.730. The summed E-state index contributed by atoms with van der Waals surface area (Å²) in [6, 6.07) is 0.533. The maximum atomic E-state index is 12.5. The molecule has 4 heteroatoms. The summed E-state index contributed by atoms with van der Waals surface area (Å²) in [5.41, 5.74) is -0.435. The fourth-order valence-corrected chi connectivity index (χ4v) is 3.42. The molecule has 0 saturated heterocycles. The van der Waals surface area contributed by atoms with Crippen molar-refractivity contribution in [1.82, 2.24) is 5.32 Å². The van der Waals surface area contributed by atoms with Gasteiger partial charge in [-0.25, -0.2) is 0 Å². The largest absolute Gasteiger partial charge is 0.465 e. The molecule has 0 aliphatic heterocycles. The van der Waals surface area contributed by atoms with Crippen LogP contribution in [0.15, 0.2) is 0 Å². The van der Waals surface area contributed by atoms with Crippen LogP contribution in [-0.2, 0) is 9.53 Å². The van der Waals surface area contributed by atoms with Crippen LogP contribution < -0.4 is 5.32 Å². The first-order valence-electron chi connectivity index (χ1n) is 7.46. The third-order valence-corrected chi connectivity index (χ3v) is 5.15. The SMILES string of the molecule is CCOC(=O)C(CSC(C)(C)C)(NC1CC1)C1CC1. The molecule has 0 bridgehead atoms. The van der Waals surface area contributed by atoms with Gasteiger partial charge in [-0.1, -0.05) is 20.8 Å². The molecule has 2 aliphatic carbocycles. The molecule has 0 aromatic heterocycles. The van der Waals surface area contributed by atoms with Crippen LogP contribution in [0.2, 0.25) is 0 Å². The van der Waals surface area contributed by atoms with Crippen molar-refractivity contribution in [2.75, 3.05) is 12.4 Å². The molecule has 0 heterocycles. The van der Waals surface area contributed by atoms with Crippen molar-refractivity contribution < 1.29 is 9.53 Å². The first-order chi connectivity index (χ1) is 8.87. The summed E-state index contributed by atoms with van der Waals surface area (Å²) >= 11 is 1.87. The number of rotatable bonds is 7. The Hall–Kier alpha value is -0.220. The first-order valence-corrected chi connectivity index (χ1v) is 8.45. The molecule has 1 N–H and O–H groups in total. The minimum Gasteiger partial charge on any atom is -0.465 e. The highest BCUT2D eigenvalue weighted by Crippen LogP contribution is 2.45. The Morgan fingerprint density at radius 3 is 2.32 bits per heavy atom. The molecular formula is C15H27NO2S. The van der Waals surface area contributed by atoms with Gasteiger partial charge >= 0.3 is 5.97 Å². The van der Waals surface area contributed by atoms with Gasteiger partial charge in [-0.3, -0.25) is 10.1 Å². The van der Waals surface area contributed by atoms with E-state index >= 15 is 0 Å². The van der Waals surface area contributed by atoms with Crippen LogP contribution in [0.5, 0.6) is 0 Å². The van der Waals surface area contributed by atoms with E-state index in [9.17, 15) is 4.79 Å². The lowest BCUT2D eigenvalue weighted by Gasteiger charge is -2.35. The molecule has 0 aromatic rings. The lowest BCUT2D eigenvalue weighted by atomic mass is 9.95. The van der Waals surface area contributed by atoms with E-state index in [0.717, 1.165) is 18.6 Å². The molecule has 3 nitrogen and oxygen atoms in total. The zero-order valence-electron chi connectivity index (χ0n) is 12.6. The van der Waals surface area contributed by atoms with Crippen LogP contribution in [0, 0.1) is 5.92 Å². The Kier molecular flexibility index (Phi) is 4.51. The summed E-state index contributed by atoms with van der Waals surface area (Å²) in [5, 5.41) is 3.63. The van der Waals surface area contributed by atoms with Crippen molar-refractivity contribution in [3.05, 3.63) is 0 Å². The van der Waals surface area contributed by atoms with Crippen LogP contribution in [0.3, 0.4) is 0 Å². The third-order valence-electron chi connectivity index (χ3n) is 3.69. The molecule has 2 aliphatic rings. The van der Waals surface area contributed by atoms with Gasteiger partial charge in [-0.15, -0.1) is 0 Å². The molecule has 19 heavy (non-hydrogen) atoms. The van der Waals surface area contributed by atoms with E-state index in [4.69, 9.17) is 4.74 Å². The van der Waals surface area contributed by atoms with Gasteiger partial charge < -0.3 is 4.74 Å². The fourth-order valence-electron chi connectivity index (χ4n) is 2.32. The maximum absolute atomic E-state index is 12.5. The van der Waals surface area contributed by atoms with Crippen LogP contribution in [0.1, 0.15) is 53.4 Å². The molecule has 0 radical (unpaired) electrons. The number of nitrogens with one attached hydrogen (secondary N) is 1. The predicted octanol–water partition coefficient (Wildman–Crippen LogP) is 2.98. The predicted molar refractivity (Wildman–Crippen MR) is 80.5 cm³/mol. The van der Waals surface area contributed by atoms with Crippen molar-refractivity contribution in [1.29, 1.82) is 0 Å². The zero-order chi connectivity index (χ0) is 14.1. The fraction of sp³-hybridized carbons (Fsp3) is 0.933. The Morgan fingerprint density at radius 2 is 1.89 bits per heavy atom. The molecule has 2 saturated carbocycles.